The summed E-state index contributed by atoms with van der Waals surface area (Å²) >= 11 is 6.21. The first-order valence-corrected chi connectivity index (χ1v) is 10.1. The monoisotopic (exact) mass is 433 g/mol. The number of ether oxygens (including phenoxy) is 1. The first kappa shape index (κ1) is 22.0. The lowest BCUT2D eigenvalue weighted by molar-refractivity contribution is -0.0407. The highest BCUT2D eigenvalue weighted by molar-refractivity contribution is 7.93. The van der Waals surface area contributed by atoms with E-state index in [-0.39, 0.29) is 16.5 Å². The van der Waals surface area contributed by atoms with Crippen LogP contribution in [0.3, 0.4) is 0 Å². The van der Waals surface area contributed by atoms with E-state index in [1.54, 1.807) is 19.3 Å². The van der Waals surface area contributed by atoms with Crippen molar-refractivity contribution in [3.05, 3.63) is 47.0 Å². The van der Waals surface area contributed by atoms with Crippen molar-refractivity contribution in [2.24, 2.45) is 4.99 Å². The molecule has 28 heavy (non-hydrogen) atoms. The zero-order valence-corrected chi connectivity index (χ0v) is 17.0. The predicted octanol–water partition coefficient (Wildman–Crippen LogP) is 5.98. The Balaban J connectivity index is 2.43. The first-order chi connectivity index (χ1) is 13.0. The van der Waals surface area contributed by atoms with Crippen molar-refractivity contribution < 1.29 is 22.1 Å². The molecule has 0 bridgehead atoms. The van der Waals surface area contributed by atoms with Gasteiger partial charge in [0.05, 0.1) is 21.9 Å². The molecule has 5 nitrogen and oxygen atoms in total. The number of hydrogen-bond acceptors (Lipinski definition) is 4. The lowest BCUT2D eigenvalue weighted by atomic mass is 10.2. The molecule has 0 aliphatic carbocycles. The summed E-state index contributed by atoms with van der Waals surface area (Å²) in [5.74, 6) is -0.140. The minimum atomic E-state index is -5.22. The number of alkyl halides is 3. The maximum absolute atomic E-state index is 13.1. The molecular weight excluding hydrogens is 415 g/mol. The highest BCUT2D eigenvalue weighted by atomic mass is 35.5. The third-order valence-electron chi connectivity index (χ3n) is 3.84. The van der Waals surface area contributed by atoms with Crippen LogP contribution in [0.5, 0.6) is 11.5 Å². The summed E-state index contributed by atoms with van der Waals surface area (Å²) in [6, 6.07) is 7.94. The Morgan fingerprint density at radius 1 is 1.29 bits per heavy atom. The van der Waals surface area contributed by atoms with Gasteiger partial charge in [-0.2, -0.15) is 13.2 Å². The Bertz CT molecular complexity index is 992. The number of para-hydroxylation sites is 1. The lowest BCUT2D eigenvalue weighted by Gasteiger charge is -2.17. The number of nitrogens with one attached hydrogen (secondary N) is 1. The Kier molecular flexibility index (Phi) is 6.61. The SMILES string of the molecule is CCN(C)C=Nc1cc(C)c(Oc2ccccc2S(=N)(=O)C(F)(F)F)cc1Cl. The van der Waals surface area contributed by atoms with Crippen molar-refractivity contribution in [2.75, 3.05) is 13.6 Å². The molecule has 0 aliphatic heterocycles. The standard InChI is InChI=1S/C18H19ClF3N3O2S/c1-4-25(3)11-24-14-9-12(2)16(10-13(14)19)27-15-7-5-6-8-17(15)28(23,26)18(20,21)22/h5-11,23H,4H2,1-3H3. The molecule has 0 fully saturated rings. The molecule has 1 unspecified atom stereocenters. The minimum absolute atomic E-state index is 0.178. The molecule has 0 aromatic heterocycles. The van der Waals surface area contributed by atoms with E-state index in [0.29, 0.717) is 11.3 Å². The molecule has 1 atom stereocenters. The number of aliphatic imine (C=N–C) groups is 1. The zero-order chi connectivity index (χ0) is 21.1. The second-order valence-electron chi connectivity index (χ2n) is 5.94. The summed E-state index contributed by atoms with van der Waals surface area (Å²) in [6.07, 6.45) is 1.61. The normalized spacial score (nSPS) is 14.1. The number of nitrogens with zero attached hydrogens (tertiary/aromatic N) is 2. The molecule has 0 radical (unpaired) electrons. The largest absolute Gasteiger partial charge is 0.483 e. The van der Waals surface area contributed by atoms with Crippen molar-refractivity contribution in [2.45, 2.75) is 24.3 Å². The van der Waals surface area contributed by atoms with Crippen LogP contribution in [0.25, 0.3) is 0 Å². The van der Waals surface area contributed by atoms with Gasteiger partial charge < -0.3 is 9.64 Å². The first-order valence-electron chi connectivity index (χ1n) is 8.14. The number of hydrogen-bond donors (Lipinski definition) is 1. The molecule has 2 rings (SSSR count). The van der Waals surface area contributed by atoms with Gasteiger partial charge >= 0.3 is 5.51 Å². The van der Waals surface area contributed by atoms with Crippen LogP contribution in [-0.4, -0.2) is 34.5 Å². The van der Waals surface area contributed by atoms with Crippen LogP contribution in [0.2, 0.25) is 5.02 Å². The fourth-order valence-electron chi connectivity index (χ4n) is 2.11. The van der Waals surface area contributed by atoms with Gasteiger partial charge in [-0.15, -0.1) is 0 Å². The Morgan fingerprint density at radius 2 is 1.93 bits per heavy atom. The zero-order valence-electron chi connectivity index (χ0n) is 15.4. The molecule has 0 amide bonds. The molecule has 1 N–H and O–H groups in total. The Labute approximate surface area is 166 Å². The molecule has 0 spiro atoms. The van der Waals surface area contributed by atoms with Crippen molar-refractivity contribution in [1.82, 2.24) is 4.90 Å². The van der Waals surface area contributed by atoms with Crippen LogP contribution < -0.4 is 4.74 Å². The van der Waals surface area contributed by atoms with E-state index in [0.717, 1.165) is 12.6 Å². The molecule has 0 aliphatic rings. The number of benzene rings is 2. The average Bonchev–Trinajstić information content (AvgIpc) is 2.62. The third kappa shape index (κ3) is 4.77. The van der Waals surface area contributed by atoms with Gasteiger partial charge in [-0.25, -0.2) is 14.0 Å². The molecule has 152 valence electrons. The molecule has 0 heterocycles. The van der Waals surface area contributed by atoms with E-state index in [1.807, 2.05) is 18.9 Å². The predicted molar refractivity (Wildman–Crippen MR) is 104 cm³/mol. The molecule has 0 saturated heterocycles. The van der Waals surface area contributed by atoms with Crippen molar-refractivity contribution in [3.63, 3.8) is 0 Å². The fraction of sp³-hybridized carbons (Fsp3) is 0.278. The van der Waals surface area contributed by atoms with E-state index in [9.17, 15) is 17.4 Å². The molecule has 0 saturated carbocycles. The summed E-state index contributed by atoms with van der Waals surface area (Å²) in [6.45, 7) is 4.39. The van der Waals surface area contributed by atoms with Crippen molar-refractivity contribution in [3.8, 4) is 11.5 Å². The third-order valence-corrected chi connectivity index (χ3v) is 5.75. The summed E-state index contributed by atoms with van der Waals surface area (Å²) in [5.41, 5.74) is -4.18. The Hall–Kier alpha value is -2.26. The van der Waals surface area contributed by atoms with Crippen LogP contribution in [-0.2, 0) is 9.73 Å². The van der Waals surface area contributed by atoms with Gasteiger partial charge in [0.1, 0.15) is 11.5 Å². The van der Waals surface area contributed by atoms with Crippen LogP contribution in [0, 0.1) is 11.7 Å². The highest BCUT2D eigenvalue weighted by Gasteiger charge is 2.44. The van der Waals surface area contributed by atoms with E-state index in [4.69, 9.17) is 21.1 Å². The smallest absolute Gasteiger partial charge is 0.456 e. The van der Waals surface area contributed by atoms with Crippen LogP contribution in [0.1, 0.15) is 12.5 Å². The average molecular weight is 434 g/mol. The summed E-state index contributed by atoms with van der Waals surface area (Å²) in [4.78, 5) is 5.36. The highest BCUT2D eigenvalue weighted by Crippen LogP contribution is 2.40. The van der Waals surface area contributed by atoms with E-state index in [1.165, 1.54) is 24.3 Å². The maximum atomic E-state index is 13.1. The van der Waals surface area contributed by atoms with Gasteiger partial charge in [0.15, 0.2) is 9.73 Å². The van der Waals surface area contributed by atoms with Gasteiger partial charge in [-0.05, 0) is 37.6 Å². The summed E-state index contributed by atoms with van der Waals surface area (Å²) in [7, 11) is -3.22. The summed E-state index contributed by atoms with van der Waals surface area (Å²) < 4.78 is 64.1. The van der Waals surface area contributed by atoms with E-state index < -0.39 is 20.1 Å². The topological polar surface area (TPSA) is 65.8 Å². The summed E-state index contributed by atoms with van der Waals surface area (Å²) in [5, 5.41) is 0.237. The van der Waals surface area contributed by atoms with Gasteiger partial charge in [0.2, 0.25) is 0 Å². The van der Waals surface area contributed by atoms with Gasteiger partial charge in [-0.3, -0.25) is 0 Å². The van der Waals surface area contributed by atoms with Gasteiger partial charge in [-0.1, -0.05) is 23.7 Å². The second-order valence-corrected chi connectivity index (χ2v) is 8.36. The van der Waals surface area contributed by atoms with Crippen molar-refractivity contribution in [1.29, 1.82) is 4.78 Å². The van der Waals surface area contributed by atoms with Crippen LogP contribution in [0.4, 0.5) is 18.9 Å². The van der Waals surface area contributed by atoms with Crippen LogP contribution in [0.15, 0.2) is 46.3 Å². The quantitative estimate of drug-likeness (QED) is 0.450. The molecule has 2 aromatic rings. The Morgan fingerprint density at radius 3 is 2.54 bits per heavy atom. The molecule has 10 heteroatoms. The molecular formula is C18H19ClF3N3O2S. The van der Waals surface area contributed by atoms with Gasteiger partial charge in [0.25, 0.3) is 0 Å². The number of rotatable bonds is 6. The number of aryl methyl sites for hydroxylation is 1. The van der Waals surface area contributed by atoms with Crippen molar-refractivity contribution >= 4 is 33.4 Å². The molecule has 2 aromatic carbocycles. The van der Waals surface area contributed by atoms with E-state index in [2.05, 4.69) is 4.99 Å². The van der Waals surface area contributed by atoms with Crippen LogP contribution >= 0.6 is 11.6 Å². The fourth-order valence-corrected chi connectivity index (χ4v) is 3.23. The second kappa shape index (κ2) is 8.40. The lowest BCUT2D eigenvalue weighted by Crippen LogP contribution is -2.22. The maximum Gasteiger partial charge on any atom is 0.483 e. The minimum Gasteiger partial charge on any atom is -0.456 e. The van der Waals surface area contributed by atoms with Gasteiger partial charge in [0, 0.05) is 19.7 Å². The van der Waals surface area contributed by atoms with E-state index >= 15 is 0 Å². The number of halogens is 4.